The predicted molar refractivity (Wildman–Crippen MR) is 105 cm³/mol. The van der Waals surface area contributed by atoms with Crippen LogP contribution in [0.4, 0.5) is 0 Å². The van der Waals surface area contributed by atoms with Crippen LogP contribution in [0, 0.1) is 23.2 Å². The van der Waals surface area contributed by atoms with Gasteiger partial charge in [-0.3, -0.25) is 9.59 Å². The van der Waals surface area contributed by atoms with Crippen molar-refractivity contribution in [1.82, 2.24) is 10.2 Å². The van der Waals surface area contributed by atoms with Crippen molar-refractivity contribution in [3.63, 3.8) is 0 Å². The van der Waals surface area contributed by atoms with E-state index in [1.54, 1.807) is 0 Å². The van der Waals surface area contributed by atoms with E-state index in [9.17, 15) is 19.5 Å². The molecule has 2 amide bonds. The molecule has 0 unspecified atom stereocenters. The van der Waals surface area contributed by atoms with Gasteiger partial charge in [0.25, 0.3) is 0 Å². The normalized spacial score (nSPS) is 30.5. The Morgan fingerprint density at radius 2 is 2.00 bits per heavy atom. The van der Waals surface area contributed by atoms with Crippen molar-refractivity contribution in [2.24, 2.45) is 23.2 Å². The largest absolute Gasteiger partial charge is 0.480 e. The molecule has 3 aliphatic rings. The summed E-state index contributed by atoms with van der Waals surface area (Å²) < 4.78 is 5.30. The lowest BCUT2D eigenvalue weighted by atomic mass is 9.98. The van der Waals surface area contributed by atoms with E-state index in [2.05, 4.69) is 19.2 Å². The number of fused-ring (bicyclic) bond motifs is 1. The zero-order valence-corrected chi connectivity index (χ0v) is 16.8. The second-order valence-corrected chi connectivity index (χ2v) is 9.04. The van der Waals surface area contributed by atoms with Crippen molar-refractivity contribution in [3.05, 3.63) is 35.9 Å². The summed E-state index contributed by atoms with van der Waals surface area (Å²) in [6, 6.07) is 7.87. The van der Waals surface area contributed by atoms with Gasteiger partial charge in [-0.15, -0.1) is 0 Å². The maximum absolute atomic E-state index is 13.4. The maximum Gasteiger partial charge on any atom is 0.326 e. The highest BCUT2D eigenvalue weighted by atomic mass is 16.5. The number of nitrogens with zero attached hydrogens (tertiary/aromatic N) is 1. The Morgan fingerprint density at radius 1 is 1.28 bits per heavy atom. The lowest BCUT2D eigenvalue weighted by molar-refractivity contribution is -0.151. The summed E-state index contributed by atoms with van der Waals surface area (Å²) in [6.07, 6.45) is 0.971. The molecule has 1 saturated carbocycles. The average molecular weight is 400 g/mol. The molecule has 3 fully saturated rings. The highest BCUT2D eigenvalue weighted by Crippen LogP contribution is 2.64. The molecule has 0 bridgehead atoms. The van der Waals surface area contributed by atoms with Crippen molar-refractivity contribution >= 4 is 17.8 Å². The first-order valence-corrected chi connectivity index (χ1v) is 10.3. The molecule has 7 nitrogen and oxygen atoms in total. The summed E-state index contributed by atoms with van der Waals surface area (Å²) in [5.41, 5.74) is 0.865. The van der Waals surface area contributed by atoms with Crippen LogP contribution in [0.5, 0.6) is 0 Å². The molecule has 5 atom stereocenters. The highest BCUT2D eigenvalue weighted by molar-refractivity contribution is 5.92. The predicted octanol–water partition coefficient (Wildman–Crippen LogP) is 1.32. The molecule has 2 heterocycles. The number of ether oxygens (including phenoxy) is 1. The fraction of sp³-hybridized carbons (Fsp3) is 0.591. The molecular weight excluding hydrogens is 372 g/mol. The number of nitrogens with one attached hydrogen (secondary N) is 1. The van der Waals surface area contributed by atoms with Crippen molar-refractivity contribution in [3.8, 4) is 0 Å². The SMILES string of the molecule is CC1(C)[C@@H]2[C@@H](C(=O)O)N(C(=O)[C@H](Cc3ccccc3)NC(=O)[C@H]3CCOC3)C[C@@H]21. The number of amides is 2. The van der Waals surface area contributed by atoms with Gasteiger partial charge in [0.1, 0.15) is 12.1 Å². The molecule has 7 heteroatoms. The first-order valence-electron chi connectivity index (χ1n) is 10.3. The number of carbonyl (C=O) groups excluding carboxylic acids is 2. The van der Waals surface area contributed by atoms with E-state index in [0.29, 0.717) is 32.6 Å². The highest BCUT2D eigenvalue weighted by Gasteiger charge is 2.69. The quantitative estimate of drug-likeness (QED) is 0.751. The average Bonchev–Trinajstić information content (AvgIpc) is 3.17. The van der Waals surface area contributed by atoms with Crippen LogP contribution in [-0.2, 0) is 25.5 Å². The third kappa shape index (κ3) is 3.64. The van der Waals surface area contributed by atoms with E-state index in [4.69, 9.17) is 4.74 Å². The standard InChI is InChI=1S/C22H28N2O5/c1-22(2)15-11-24(18(17(15)22)21(27)28)20(26)16(10-13-6-4-3-5-7-13)23-19(25)14-8-9-29-12-14/h3-7,14-18H,8-12H2,1-2H3,(H,23,25)(H,27,28)/t14-,15-,16-,17-,18-/m0/s1. The Hall–Kier alpha value is -2.41. The third-order valence-corrected chi connectivity index (χ3v) is 6.94. The number of benzene rings is 1. The lowest BCUT2D eigenvalue weighted by Gasteiger charge is -2.32. The minimum absolute atomic E-state index is 0.0275. The van der Waals surface area contributed by atoms with Crippen LogP contribution in [0.25, 0.3) is 0 Å². The summed E-state index contributed by atoms with van der Waals surface area (Å²) in [4.78, 5) is 39.5. The number of carboxylic acids is 1. The van der Waals surface area contributed by atoms with Gasteiger partial charge < -0.3 is 20.1 Å². The molecule has 156 valence electrons. The summed E-state index contributed by atoms with van der Waals surface area (Å²) in [5.74, 6) is -1.57. The van der Waals surface area contributed by atoms with Crippen LogP contribution in [0.15, 0.2) is 30.3 Å². The number of carbonyl (C=O) groups is 3. The third-order valence-electron chi connectivity index (χ3n) is 6.94. The smallest absolute Gasteiger partial charge is 0.326 e. The molecule has 1 aliphatic carbocycles. The number of carboxylic acid groups (broad SMARTS) is 1. The Balaban J connectivity index is 1.54. The summed E-state index contributed by atoms with van der Waals surface area (Å²) in [7, 11) is 0. The Labute approximate surface area is 170 Å². The van der Waals surface area contributed by atoms with Gasteiger partial charge in [0.2, 0.25) is 11.8 Å². The Bertz CT molecular complexity index is 803. The second-order valence-electron chi connectivity index (χ2n) is 9.04. The van der Waals surface area contributed by atoms with Gasteiger partial charge in [-0.1, -0.05) is 44.2 Å². The first kappa shape index (κ1) is 19.9. The van der Waals surface area contributed by atoms with Gasteiger partial charge in [-0.2, -0.15) is 0 Å². The summed E-state index contributed by atoms with van der Waals surface area (Å²) >= 11 is 0. The maximum atomic E-state index is 13.4. The van der Waals surface area contributed by atoms with E-state index >= 15 is 0 Å². The number of hydrogen-bond donors (Lipinski definition) is 2. The van der Waals surface area contributed by atoms with Crippen molar-refractivity contribution < 1.29 is 24.2 Å². The fourth-order valence-electron chi connectivity index (χ4n) is 5.08. The number of aliphatic carboxylic acids is 1. The van der Waals surface area contributed by atoms with Crippen LogP contribution in [0.3, 0.4) is 0 Å². The van der Waals surface area contributed by atoms with E-state index in [1.807, 2.05) is 30.3 Å². The zero-order valence-electron chi connectivity index (χ0n) is 16.8. The number of rotatable bonds is 6. The topological polar surface area (TPSA) is 95.9 Å². The Morgan fingerprint density at radius 3 is 2.62 bits per heavy atom. The number of piperidine rings is 1. The van der Waals surface area contributed by atoms with Crippen LogP contribution in [0.1, 0.15) is 25.8 Å². The minimum Gasteiger partial charge on any atom is -0.480 e. The van der Waals surface area contributed by atoms with Gasteiger partial charge in [-0.05, 0) is 23.3 Å². The number of likely N-dealkylation sites (tertiary alicyclic amines) is 1. The molecule has 2 aliphatic heterocycles. The molecular formula is C22H28N2O5. The zero-order chi connectivity index (χ0) is 20.8. The van der Waals surface area contributed by atoms with Crippen LogP contribution < -0.4 is 5.32 Å². The van der Waals surface area contributed by atoms with Crippen molar-refractivity contribution in [2.45, 2.75) is 38.8 Å². The summed E-state index contributed by atoms with van der Waals surface area (Å²) in [6.45, 7) is 5.45. The van der Waals surface area contributed by atoms with Gasteiger partial charge in [-0.25, -0.2) is 4.79 Å². The van der Waals surface area contributed by atoms with Gasteiger partial charge >= 0.3 is 5.97 Å². The fourth-order valence-corrected chi connectivity index (χ4v) is 5.08. The van der Waals surface area contributed by atoms with E-state index in [0.717, 1.165) is 5.56 Å². The lowest BCUT2D eigenvalue weighted by Crippen LogP contribution is -2.55. The molecule has 2 saturated heterocycles. The van der Waals surface area contributed by atoms with Gasteiger partial charge in [0, 0.05) is 25.5 Å². The van der Waals surface area contributed by atoms with Crippen LogP contribution >= 0.6 is 0 Å². The van der Waals surface area contributed by atoms with Gasteiger partial charge in [0.15, 0.2) is 0 Å². The minimum atomic E-state index is -0.967. The summed E-state index contributed by atoms with van der Waals surface area (Å²) in [5, 5.41) is 12.7. The number of hydrogen-bond acceptors (Lipinski definition) is 4. The van der Waals surface area contributed by atoms with Crippen LogP contribution in [0.2, 0.25) is 0 Å². The molecule has 1 aromatic rings. The van der Waals surface area contributed by atoms with E-state index in [1.165, 1.54) is 4.90 Å². The molecule has 0 radical (unpaired) electrons. The molecule has 4 rings (SSSR count). The second kappa shape index (κ2) is 7.44. The molecule has 1 aromatic carbocycles. The molecule has 0 aromatic heterocycles. The van der Waals surface area contributed by atoms with E-state index in [-0.39, 0.29) is 35.0 Å². The molecule has 0 spiro atoms. The van der Waals surface area contributed by atoms with Crippen molar-refractivity contribution in [1.29, 1.82) is 0 Å². The van der Waals surface area contributed by atoms with Crippen molar-refractivity contribution in [2.75, 3.05) is 19.8 Å². The monoisotopic (exact) mass is 400 g/mol. The van der Waals surface area contributed by atoms with Gasteiger partial charge in [0.05, 0.1) is 12.5 Å². The van der Waals surface area contributed by atoms with Crippen LogP contribution in [-0.4, -0.2) is 59.6 Å². The van der Waals surface area contributed by atoms with E-state index < -0.39 is 18.1 Å². The molecule has 2 N–H and O–H groups in total. The Kier molecular flexibility index (Phi) is 5.11. The first-order chi connectivity index (χ1) is 13.8. The molecule has 29 heavy (non-hydrogen) atoms.